The smallest absolute Gasteiger partial charge is 0.359 e. The zero-order valence-electron chi connectivity index (χ0n) is 8.65. The molecule has 0 fully saturated rings. The first-order valence-electron chi connectivity index (χ1n) is 4.52. The molecule has 1 rings (SSSR count). The predicted molar refractivity (Wildman–Crippen MR) is 51.8 cm³/mol. The average molecular weight is 197 g/mol. The van der Waals surface area contributed by atoms with Crippen molar-refractivity contribution in [3.63, 3.8) is 0 Å². The lowest BCUT2D eigenvalue weighted by Crippen LogP contribution is -2.13. The van der Waals surface area contributed by atoms with Gasteiger partial charge in [-0.05, 0) is 13.8 Å². The van der Waals surface area contributed by atoms with Crippen molar-refractivity contribution in [1.82, 2.24) is 9.78 Å². The summed E-state index contributed by atoms with van der Waals surface area (Å²) in [6, 6.07) is -0.219. The predicted octanol–water partition coefficient (Wildman–Crippen LogP) is 0.617. The van der Waals surface area contributed by atoms with Crippen molar-refractivity contribution in [2.24, 2.45) is 12.8 Å². The van der Waals surface area contributed by atoms with Crippen molar-refractivity contribution in [3.05, 3.63) is 17.5 Å². The van der Waals surface area contributed by atoms with E-state index in [4.69, 9.17) is 10.5 Å². The number of rotatable bonds is 3. The SMILES string of the molecule is CCOC(=O)c1nn(C)cc1[C@@H](C)N. The molecule has 0 unspecified atom stereocenters. The number of hydrogen-bond acceptors (Lipinski definition) is 4. The van der Waals surface area contributed by atoms with Crippen LogP contribution in [0.25, 0.3) is 0 Å². The number of carbonyl (C=O) groups is 1. The fourth-order valence-electron chi connectivity index (χ4n) is 1.20. The van der Waals surface area contributed by atoms with Crippen molar-refractivity contribution in [3.8, 4) is 0 Å². The molecule has 1 heterocycles. The highest BCUT2D eigenvalue weighted by Gasteiger charge is 2.19. The fourth-order valence-corrected chi connectivity index (χ4v) is 1.20. The second-order valence-electron chi connectivity index (χ2n) is 3.12. The van der Waals surface area contributed by atoms with Crippen LogP contribution in [0.5, 0.6) is 0 Å². The van der Waals surface area contributed by atoms with Crippen LogP contribution in [0.4, 0.5) is 0 Å². The summed E-state index contributed by atoms with van der Waals surface area (Å²) in [5, 5.41) is 4.01. The first-order chi connectivity index (χ1) is 6.56. The third-order valence-electron chi connectivity index (χ3n) is 1.82. The zero-order valence-corrected chi connectivity index (χ0v) is 8.65. The van der Waals surface area contributed by atoms with Gasteiger partial charge in [0.05, 0.1) is 6.61 Å². The molecule has 1 atom stereocenters. The van der Waals surface area contributed by atoms with Crippen molar-refractivity contribution in [1.29, 1.82) is 0 Å². The molecule has 0 saturated carbocycles. The normalized spacial score (nSPS) is 12.6. The molecule has 5 heteroatoms. The van der Waals surface area contributed by atoms with Crippen LogP contribution in [0.3, 0.4) is 0 Å². The third-order valence-corrected chi connectivity index (χ3v) is 1.82. The van der Waals surface area contributed by atoms with E-state index in [0.29, 0.717) is 17.9 Å². The molecule has 0 amide bonds. The maximum Gasteiger partial charge on any atom is 0.359 e. The molecule has 5 nitrogen and oxygen atoms in total. The lowest BCUT2D eigenvalue weighted by molar-refractivity contribution is 0.0517. The summed E-state index contributed by atoms with van der Waals surface area (Å²) in [6.07, 6.45) is 1.73. The highest BCUT2D eigenvalue weighted by molar-refractivity contribution is 5.89. The lowest BCUT2D eigenvalue weighted by atomic mass is 10.1. The van der Waals surface area contributed by atoms with Gasteiger partial charge in [0.2, 0.25) is 0 Å². The Kier molecular flexibility index (Phi) is 3.24. The zero-order chi connectivity index (χ0) is 10.7. The molecule has 0 saturated heterocycles. The minimum atomic E-state index is -0.416. The van der Waals surface area contributed by atoms with Crippen LogP contribution in [-0.4, -0.2) is 22.4 Å². The van der Waals surface area contributed by atoms with E-state index < -0.39 is 5.97 Å². The fraction of sp³-hybridized carbons (Fsp3) is 0.556. The van der Waals surface area contributed by atoms with Gasteiger partial charge in [0.15, 0.2) is 5.69 Å². The van der Waals surface area contributed by atoms with Gasteiger partial charge in [-0.2, -0.15) is 5.10 Å². The molecule has 0 spiro atoms. The number of carbonyl (C=O) groups excluding carboxylic acids is 1. The lowest BCUT2D eigenvalue weighted by Gasteiger charge is -2.04. The maximum absolute atomic E-state index is 11.4. The first kappa shape index (κ1) is 10.7. The van der Waals surface area contributed by atoms with Gasteiger partial charge < -0.3 is 10.5 Å². The Bertz CT molecular complexity index is 331. The van der Waals surface area contributed by atoms with Gasteiger partial charge in [0.1, 0.15) is 0 Å². The largest absolute Gasteiger partial charge is 0.461 e. The maximum atomic E-state index is 11.4. The summed E-state index contributed by atoms with van der Waals surface area (Å²) in [5.74, 6) is -0.416. The Morgan fingerprint density at radius 1 is 1.79 bits per heavy atom. The number of nitrogens with two attached hydrogens (primary N) is 1. The summed E-state index contributed by atoms with van der Waals surface area (Å²) in [7, 11) is 1.74. The number of aryl methyl sites for hydroxylation is 1. The molecular formula is C9H15N3O2. The van der Waals surface area contributed by atoms with E-state index >= 15 is 0 Å². The molecule has 78 valence electrons. The Labute approximate surface area is 82.8 Å². The number of hydrogen-bond donors (Lipinski definition) is 1. The van der Waals surface area contributed by atoms with E-state index in [9.17, 15) is 4.79 Å². The van der Waals surface area contributed by atoms with E-state index in [1.54, 1.807) is 31.8 Å². The molecule has 2 N–H and O–H groups in total. The van der Waals surface area contributed by atoms with Gasteiger partial charge in [-0.3, -0.25) is 4.68 Å². The second-order valence-corrected chi connectivity index (χ2v) is 3.12. The Morgan fingerprint density at radius 3 is 2.93 bits per heavy atom. The topological polar surface area (TPSA) is 70.1 Å². The summed E-state index contributed by atoms with van der Waals surface area (Å²) < 4.78 is 6.42. The van der Waals surface area contributed by atoms with Crippen molar-refractivity contribution in [2.75, 3.05) is 6.61 Å². The number of ether oxygens (including phenoxy) is 1. The Balaban J connectivity index is 3.00. The molecule has 0 aromatic carbocycles. The second kappa shape index (κ2) is 4.23. The summed E-state index contributed by atoms with van der Waals surface area (Å²) in [4.78, 5) is 11.4. The minimum Gasteiger partial charge on any atom is -0.461 e. The van der Waals surface area contributed by atoms with E-state index in [1.165, 1.54) is 0 Å². The van der Waals surface area contributed by atoms with Gasteiger partial charge in [-0.1, -0.05) is 0 Å². The molecule has 0 radical (unpaired) electrons. The first-order valence-corrected chi connectivity index (χ1v) is 4.52. The Hall–Kier alpha value is -1.36. The summed E-state index contributed by atoms with van der Waals surface area (Å²) >= 11 is 0. The van der Waals surface area contributed by atoms with Crippen LogP contribution in [-0.2, 0) is 11.8 Å². The highest BCUT2D eigenvalue weighted by Crippen LogP contribution is 2.14. The molecule has 0 aliphatic rings. The van der Waals surface area contributed by atoms with E-state index in [2.05, 4.69) is 5.10 Å². The minimum absolute atomic E-state index is 0.219. The van der Waals surface area contributed by atoms with Gasteiger partial charge in [-0.15, -0.1) is 0 Å². The Morgan fingerprint density at radius 2 is 2.43 bits per heavy atom. The summed E-state index contributed by atoms with van der Waals surface area (Å²) in [5.41, 5.74) is 6.72. The molecule has 0 bridgehead atoms. The highest BCUT2D eigenvalue weighted by atomic mass is 16.5. The van der Waals surface area contributed by atoms with Gasteiger partial charge in [-0.25, -0.2) is 4.79 Å². The standard InChI is InChI=1S/C9H15N3O2/c1-4-14-9(13)8-7(6(2)10)5-12(3)11-8/h5-6H,4,10H2,1-3H3/t6-/m1/s1. The number of esters is 1. The average Bonchev–Trinajstić information content (AvgIpc) is 2.48. The number of nitrogens with zero attached hydrogens (tertiary/aromatic N) is 2. The van der Waals surface area contributed by atoms with Crippen LogP contribution in [0.2, 0.25) is 0 Å². The van der Waals surface area contributed by atoms with Crippen molar-refractivity contribution < 1.29 is 9.53 Å². The molecular weight excluding hydrogens is 182 g/mol. The molecule has 14 heavy (non-hydrogen) atoms. The van der Waals surface area contributed by atoms with E-state index in [0.717, 1.165) is 0 Å². The van der Waals surface area contributed by atoms with Crippen LogP contribution in [0, 0.1) is 0 Å². The summed E-state index contributed by atoms with van der Waals surface area (Å²) in [6.45, 7) is 3.90. The van der Waals surface area contributed by atoms with Crippen molar-refractivity contribution >= 4 is 5.97 Å². The number of aromatic nitrogens is 2. The monoisotopic (exact) mass is 197 g/mol. The van der Waals surface area contributed by atoms with Crippen LogP contribution >= 0.6 is 0 Å². The van der Waals surface area contributed by atoms with Crippen LogP contribution < -0.4 is 5.73 Å². The molecule has 0 aliphatic carbocycles. The molecule has 1 aromatic heterocycles. The van der Waals surface area contributed by atoms with Crippen LogP contribution in [0.15, 0.2) is 6.20 Å². The van der Waals surface area contributed by atoms with Crippen molar-refractivity contribution in [2.45, 2.75) is 19.9 Å². The quantitative estimate of drug-likeness (QED) is 0.721. The van der Waals surface area contributed by atoms with Crippen LogP contribution in [0.1, 0.15) is 35.9 Å². The van der Waals surface area contributed by atoms with Gasteiger partial charge >= 0.3 is 5.97 Å². The van der Waals surface area contributed by atoms with Gasteiger partial charge in [0, 0.05) is 24.8 Å². The third kappa shape index (κ3) is 2.11. The van der Waals surface area contributed by atoms with Gasteiger partial charge in [0.25, 0.3) is 0 Å². The van der Waals surface area contributed by atoms with E-state index in [-0.39, 0.29) is 6.04 Å². The van der Waals surface area contributed by atoms with E-state index in [1.807, 2.05) is 0 Å². The molecule has 0 aliphatic heterocycles. The molecule has 1 aromatic rings.